The van der Waals surface area contributed by atoms with E-state index < -0.39 is 5.69 Å². The highest BCUT2D eigenvalue weighted by atomic mass is 19.1. The number of halogens is 1. The average Bonchev–Trinajstić information content (AvgIpc) is 3.00. The first-order valence-electron chi connectivity index (χ1n) is 6.81. The molecule has 116 valence electrons. The summed E-state index contributed by atoms with van der Waals surface area (Å²) >= 11 is 0. The van der Waals surface area contributed by atoms with Crippen molar-refractivity contribution in [1.29, 1.82) is 5.41 Å². The SMILES string of the molecule is N=C(c1n[nH]c(=O)[nH]1)c1cccnc1NCc1ccccc1F. The number of benzene rings is 1. The number of H-pyrrole nitrogens is 2. The predicted molar refractivity (Wildman–Crippen MR) is 83.1 cm³/mol. The third kappa shape index (κ3) is 3.15. The van der Waals surface area contributed by atoms with Gasteiger partial charge in [0.15, 0.2) is 5.82 Å². The molecule has 1 aromatic carbocycles. The third-order valence-electron chi connectivity index (χ3n) is 3.22. The van der Waals surface area contributed by atoms with Crippen molar-refractivity contribution < 1.29 is 4.39 Å². The Labute approximate surface area is 130 Å². The second kappa shape index (κ2) is 6.22. The number of aromatic nitrogens is 4. The van der Waals surface area contributed by atoms with Gasteiger partial charge in [-0.05, 0) is 18.2 Å². The van der Waals surface area contributed by atoms with E-state index >= 15 is 0 Å². The lowest BCUT2D eigenvalue weighted by Crippen LogP contribution is -2.12. The maximum atomic E-state index is 13.7. The number of rotatable bonds is 5. The first-order chi connectivity index (χ1) is 11.1. The van der Waals surface area contributed by atoms with Crippen molar-refractivity contribution in [2.75, 3.05) is 5.32 Å². The molecule has 0 bridgehead atoms. The van der Waals surface area contributed by atoms with Crippen LogP contribution in [0.1, 0.15) is 17.0 Å². The molecule has 0 fully saturated rings. The van der Waals surface area contributed by atoms with Gasteiger partial charge < -0.3 is 5.32 Å². The zero-order valence-corrected chi connectivity index (χ0v) is 11.9. The van der Waals surface area contributed by atoms with Crippen LogP contribution in [-0.2, 0) is 6.54 Å². The molecule has 2 aromatic heterocycles. The summed E-state index contributed by atoms with van der Waals surface area (Å²) in [6, 6.07) is 9.76. The molecule has 4 N–H and O–H groups in total. The maximum Gasteiger partial charge on any atom is 0.340 e. The number of pyridine rings is 1. The quantitative estimate of drug-likeness (QED) is 0.537. The zero-order chi connectivity index (χ0) is 16.2. The number of hydrogen-bond donors (Lipinski definition) is 4. The first kappa shape index (κ1) is 14.6. The van der Waals surface area contributed by atoms with Crippen LogP contribution in [0.25, 0.3) is 0 Å². The van der Waals surface area contributed by atoms with E-state index in [0.29, 0.717) is 16.9 Å². The summed E-state index contributed by atoms with van der Waals surface area (Å²) in [5.74, 6) is 0.200. The molecule has 0 unspecified atom stereocenters. The van der Waals surface area contributed by atoms with Crippen LogP contribution in [0, 0.1) is 11.2 Å². The normalized spacial score (nSPS) is 10.5. The summed E-state index contributed by atoms with van der Waals surface area (Å²) < 4.78 is 13.7. The number of nitrogens with zero attached hydrogens (tertiary/aromatic N) is 2. The van der Waals surface area contributed by atoms with E-state index in [9.17, 15) is 9.18 Å². The van der Waals surface area contributed by atoms with E-state index in [4.69, 9.17) is 5.41 Å². The van der Waals surface area contributed by atoms with E-state index in [1.165, 1.54) is 6.07 Å². The molecule has 0 aliphatic carbocycles. The summed E-state index contributed by atoms with van der Waals surface area (Å²) in [5, 5.41) is 17.1. The summed E-state index contributed by atoms with van der Waals surface area (Å²) in [4.78, 5) is 17.7. The standard InChI is InChI=1S/C15H13FN6O/c16-11-6-2-1-4-9(11)8-19-13-10(5-3-7-18-13)12(17)14-20-15(23)22-21-14/h1-7,17H,8H2,(H,18,19)(H2,20,21,22,23). The highest BCUT2D eigenvalue weighted by Crippen LogP contribution is 2.16. The number of aromatic amines is 2. The molecule has 0 atom stereocenters. The van der Waals surface area contributed by atoms with Gasteiger partial charge in [0.25, 0.3) is 0 Å². The van der Waals surface area contributed by atoms with Gasteiger partial charge in [0.05, 0.1) is 0 Å². The Hall–Kier alpha value is -3.29. The van der Waals surface area contributed by atoms with Crippen molar-refractivity contribution >= 4 is 11.5 Å². The minimum absolute atomic E-state index is 0.00693. The summed E-state index contributed by atoms with van der Waals surface area (Å²) in [5.41, 5.74) is 0.456. The molecule has 3 aromatic rings. The van der Waals surface area contributed by atoms with Gasteiger partial charge in [-0.1, -0.05) is 18.2 Å². The largest absolute Gasteiger partial charge is 0.365 e. The van der Waals surface area contributed by atoms with Crippen LogP contribution < -0.4 is 11.0 Å². The lowest BCUT2D eigenvalue weighted by molar-refractivity contribution is 0.613. The summed E-state index contributed by atoms with van der Waals surface area (Å²) in [6.07, 6.45) is 1.56. The van der Waals surface area contributed by atoms with Gasteiger partial charge in [0, 0.05) is 23.9 Å². The predicted octanol–water partition coefficient (Wildman–Crippen LogP) is 1.66. The molecule has 0 aliphatic rings. The monoisotopic (exact) mass is 312 g/mol. The van der Waals surface area contributed by atoms with Gasteiger partial charge in [-0.2, -0.15) is 5.10 Å². The minimum Gasteiger partial charge on any atom is -0.365 e. The molecule has 0 saturated carbocycles. The topological polar surface area (TPSA) is 110 Å². The Bertz CT molecular complexity index is 900. The molecule has 0 amide bonds. The van der Waals surface area contributed by atoms with Gasteiger partial charge in [-0.15, -0.1) is 0 Å². The third-order valence-corrected chi connectivity index (χ3v) is 3.22. The van der Waals surface area contributed by atoms with Crippen LogP contribution in [-0.4, -0.2) is 25.9 Å². The molecule has 8 heteroatoms. The van der Waals surface area contributed by atoms with E-state index in [1.807, 2.05) is 0 Å². The van der Waals surface area contributed by atoms with E-state index in [0.717, 1.165) is 0 Å². The minimum atomic E-state index is -0.491. The van der Waals surface area contributed by atoms with E-state index in [2.05, 4.69) is 25.5 Å². The Morgan fingerprint density at radius 2 is 2.09 bits per heavy atom. The number of anilines is 1. The second-order valence-electron chi connectivity index (χ2n) is 4.75. The summed E-state index contributed by atoms with van der Waals surface area (Å²) in [7, 11) is 0. The first-order valence-corrected chi connectivity index (χ1v) is 6.81. The highest BCUT2D eigenvalue weighted by molar-refractivity contribution is 6.11. The molecule has 7 nitrogen and oxygen atoms in total. The van der Waals surface area contributed by atoms with Crippen LogP contribution in [0.3, 0.4) is 0 Å². The van der Waals surface area contributed by atoms with Crippen molar-refractivity contribution in [3.8, 4) is 0 Å². The Morgan fingerprint density at radius 1 is 1.26 bits per heavy atom. The fourth-order valence-corrected chi connectivity index (χ4v) is 2.08. The Morgan fingerprint density at radius 3 is 2.83 bits per heavy atom. The van der Waals surface area contributed by atoms with Gasteiger partial charge >= 0.3 is 5.69 Å². The van der Waals surface area contributed by atoms with Crippen LogP contribution in [0.5, 0.6) is 0 Å². The fraction of sp³-hybridized carbons (Fsp3) is 0.0667. The van der Waals surface area contributed by atoms with Gasteiger partial charge in [0.1, 0.15) is 17.3 Å². The maximum absolute atomic E-state index is 13.7. The van der Waals surface area contributed by atoms with Crippen LogP contribution >= 0.6 is 0 Å². The second-order valence-corrected chi connectivity index (χ2v) is 4.75. The smallest absolute Gasteiger partial charge is 0.340 e. The zero-order valence-electron chi connectivity index (χ0n) is 11.9. The number of nitrogens with one attached hydrogen (secondary N) is 4. The fourth-order valence-electron chi connectivity index (χ4n) is 2.08. The van der Waals surface area contributed by atoms with Crippen LogP contribution in [0.4, 0.5) is 10.2 Å². The summed E-state index contributed by atoms with van der Waals surface area (Å²) in [6.45, 7) is 0.223. The average molecular weight is 312 g/mol. The molecule has 3 rings (SSSR count). The van der Waals surface area contributed by atoms with Crippen molar-refractivity contribution in [3.63, 3.8) is 0 Å². The van der Waals surface area contributed by atoms with Crippen molar-refractivity contribution in [3.05, 3.63) is 75.8 Å². The lowest BCUT2D eigenvalue weighted by atomic mass is 10.1. The molecular weight excluding hydrogens is 299 g/mol. The van der Waals surface area contributed by atoms with E-state index in [1.54, 1.807) is 36.5 Å². The molecule has 0 aliphatic heterocycles. The van der Waals surface area contributed by atoms with Crippen LogP contribution in [0.15, 0.2) is 47.4 Å². The van der Waals surface area contributed by atoms with Gasteiger partial charge in [0.2, 0.25) is 0 Å². The molecular formula is C15H13FN6O. The highest BCUT2D eigenvalue weighted by Gasteiger charge is 2.14. The van der Waals surface area contributed by atoms with Crippen molar-refractivity contribution in [2.45, 2.75) is 6.54 Å². The Balaban J connectivity index is 1.85. The molecule has 2 heterocycles. The van der Waals surface area contributed by atoms with Gasteiger partial charge in [-0.25, -0.2) is 19.3 Å². The molecule has 23 heavy (non-hydrogen) atoms. The molecule has 0 radical (unpaired) electrons. The van der Waals surface area contributed by atoms with Crippen LogP contribution in [0.2, 0.25) is 0 Å². The number of hydrogen-bond acceptors (Lipinski definition) is 5. The van der Waals surface area contributed by atoms with E-state index in [-0.39, 0.29) is 23.9 Å². The molecule has 0 saturated heterocycles. The Kier molecular flexibility index (Phi) is 3.96. The lowest BCUT2D eigenvalue weighted by Gasteiger charge is -2.11. The van der Waals surface area contributed by atoms with Crippen molar-refractivity contribution in [2.24, 2.45) is 0 Å². The van der Waals surface area contributed by atoms with Gasteiger partial charge in [-0.3, -0.25) is 10.4 Å². The van der Waals surface area contributed by atoms with Crippen molar-refractivity contribution in [1.82, 2.24) is 20.2 Å². The molecule has 0 spiro atoms.